The van der Waals surface area contributed by atoms with Crippen molar-refractivity contribution in [1.29, 1.82) is 0 Å². The van der Waals surface area contributed by atoms with Crippen molar-refractivity contribution >= 4 is 45.6 Å². The summed E-state index contributed by atoms with van der Waals surface area (Å²) in [6.07, 6.45) is 10.2. The number of carbonyl (C=O) groups is 4. The second-order valence-corrected chi connectivity index (χ2v) is 19.3. The normalized spacial score (nSPS) is 28.2. The number of allylic oxidation sites excluding steroid dienone is 1. The lowest BCUT2D eigenvalue weighted by atomic mass is 9.93. The molecule has 2 bridgehead atoms. The van der Waals surface area contributed by atoms with E-state index < -0.39 is 73.0 Å². The Labute approximate surface area is 323 Å². The van der Waals surface area contributed by atoms with Crippen molar-refractivity contribution in [3.8, 4) is 11.1 Å². The number of fused-ring (bicyclic) bond motifs is 2. The monoisotopic (exact) mass is 776 g/mol. The van der Waals surface area contributed by atoms with E-state index in [0.717, 1.165) is 36.0 Å². The summed E-state index contributed by atoms with van der Waals surface area (Å²) in [5, 5.41) is 5.10. The highest BCUT2D eigenvalue weighted by molar-refractivity contribution is 8.00. The quantitative estimate of drug-likeness (QED) is 0.264. The first kappa shape index (κ1) is 39.6. The Morgan fingerprint density at radius 1 is 0.944 bits per heavy atom. The molecule has 3 fully saturated rings. The summed E-state index contributed by atoms with van der Waals surface area (Å²) in [5.41, 5.74) is 0.731. The van der Waals surface area contributed by atoms with E-state index in [9.17, 15) is 27.6 Å². The minimum Gasteiger partial charge on any atom is -0.444 e. The summed E-state index contributed by atoms with van der Waals surface area (Å²) < 4.78 is 32.6. The summed E-state index contributed by atoms with van der Waals surface area (Å²) in [6.45, 7) is 9.25. The molecule has 0 aromatic heterocycles. The number of rotatable bonds is 9. The lowest BCUT2D eigenvalue weighted by molar-refractivity contribution is -0.141. The van der Waals surface area contributed by atoms with Crippen LogP contribution in [0.2, 0.25) is 0 Å². The zero-order valence-electron chi connectivity index (χ0n) is 31.3. The van der Waals surface area contributed by atoms with Gasteiger partial charge in [-0.15, -0.1) is 18.3 Å². The molecule has 290 valence electrons. The predicted octanol–water partition coefficient (Wildman–Crippen LogP) is 5.97. The van der Waals surface area contributed by atoms with Gasteiger partial charge in [-0.3, -0.25) is 19.1 Å². The number of benzene rings is 2. The summed E-state index contributed by atoms with van der Waals surface area (Å²) in [6, 6.07) is 16.2. The van der Waals surface area contributed by atoms with Crippen molar-refractivity contribution < 1.29 is 32.3 Å². The molecule has 4 amide bonds. The number of thioether (sulfide) groups is 1. The maximum absolute atomic E-state index is 14.8. The van der Waals surface area contributed by atoms with Gasteiger partial charge in [-0.1, -0.05) is 85.7 Å². The molecule has 0 radical (unpaired) electrons. The highest BCUT2D eigenvalue weighted by atomic mass is 32.2. The van der Waals surface area contributed by atoms with E-state index in [4.69, 9.17) is 4.74 Å². The number of alkyl carbamates (subject to hydrolysis) is 1. The Morgan fingerprint density at radius 3 is 2.30 bits per heavy atom. The number of hydrogen-bond donors (Lipinski definition) is 3. The molecule has 5 atom stereocenters. The zero-order valence-corrected chi connectivity index (χ0v) is 33.0. The summed E-state index contributed by atoms with van der Waals surface area (Å²) >= 11 is 1.65. The number of ether oxygens (including phenoxy) is 1. The zero-order chi connectivity index (χ0) is 38.7. The van der Waals surface area contributed by atoms with Gasteiger partial charge < -0.3 is 20.3 Å². The molecule has 3 N–H and O–H groups in total. The number of sulfonamides is 1. The van der Waals surface area contributed by atoms with Gasteiger partial charge in [0.2, 0.25) is 21.8 Å². The molecule has 54 heavy (non-hydrogen) atoms. The van der Waals surface area contributed by atoms with Gasteiger partial charge in [0.25, 0.3) is 5.91 Å². The number of amides is 4. The van der Waals surface area contributed by atoms with Crippen molar-refractivity contribution in [3.05, 3.63) is 85.0 Å². The molecule has 1 saturated heterocycles. The minimum atomic E-state index is -3.88. The second-order valence-electron chi connectivity index (χ2n) is 15.9. The van der Waals surface area contributed by atoms with Crippen molar-refractivity contribution in [2.75, 3.05) is 12.3 Å². The van der Waals surface area contributed by atoms with Crippen LogP contribution in [0.25, 0.3) is 11.1 Å². The molecule has 13 heteroatoms. The van der Waals surface area contributed by atoms with Crippen LogP contribution in [0.3, 0.4) is 0 Å². The van der Waals surface area contributed by atoms with Gasteiger partial charge in [-0.25, -0.2) is 13.2 Å². The van der Waals surface area contributed by atoms with Crippen LogP contribution in [0, 0.1) is 5.92 Å². The molecule has 2 aliphatic heterocycles. The number of nitrogens with one attached hydrogen (secondary N) is 3. The van der Waals surface area contributed by atoms with Gasteiger partial charge in [0.1, 0.15) is 23.2 Å². The fraction of sp³-hybridized carbons (Fsp3) is 0.512. The smallest absolute Gasteiger partial charge is 0.408 e. The van der Waals surface area contributed by atoms with Crippen molar-refractivity contribution in [1.82, 2.24) is 20.3 Å². The first-order chi connectivity index (χ1) is 25.7. The third-order valence-electron chi connectivity index (χ3n) is 10.7. The van der Waals surface area contributed by atoms with E-state index in [1.54, 1.807) is 43.5 Å². The predicted molar refractivity (Wildman–Crippen MR) is 211 cm³/mol. The van der Waals surface area contributed by atoms with Crippen LogP contribution in [0.1, 0.15) is 84.1 Å². The average molecular weight is 777 g/mol. The number of carbonyl (C=O) groups excluding carboxylic acids is 4. The van der Waals surface area contributed by atoms with E-state index in [1.165, 1.54) is 0 Å². The van der Waals surface area contributed by atoms with Crippen LogP contribution < -0.4 is 15.4 Å². The van der Waals surface area contributed by atoms with E-state index >= 15 is 0 Å². The lowest BCUT2D eigenvalue weighted by Crippen LogP contribution is -2.58. The lowest BCUT2D eigenvalue weighted by Gasteiger charge is -2.32. The fourth-order valence-corrected chi connectivity index (χ4v) is 10.2. The van der Waals surface area contributed by atoms with Gasteiger partial charge in [0, 0.05) is 18.2 Å². The maximum Gasteiger partial charge on any atom is 0.408 e. The van der Waals surface area contributed by atoms with Crippen LogP contribution in [-0.2, 0) is 33.9 Å². The average Bonchev–Trinajstić information content (AvgIpc) is 4.06. The molecule has 0 spiro atoms. The van der Waals surface area contributed by atoms with Gasteiger partial charge in [0.15, 0.2) is 0 Å². The largest absolute Gasteiger partial charge is 0.444 e. The van der Waals surface area contributed by atoms with Crippen molar-refractivity contribution in [2.24, 2.45) is 5.92 Å². The van der Waals surface area contributed by atoms with E-state index in [-0.39, 0.29) is 19.4 Å². The Kier molecular flexibility index (Phi) is 11.7. The van der Waals surface area contributed by atoms with E-state index in [1.807, 2.05) is 54.6 Å². The van der Waals surface area contributed by atoms with Gasteiger partial charge in [-0.2, -0.15) is 0 Å². The first-order valence-corrected chi connectivity index (χ1v) is 21.5. The van der Waals surface area contributed by atoms with Crippen LogP contribution in [0.5, 0.6) is 0 Å². The second kappa shape index (κ2) is 15.9. The third kappa shape index (κ3) is 9.05. The van der Waals surface area contributed by atoms with E-state index in [0.29, 0.717) is 31.4 Å². The van der Waals surface area contributed by atoms with Crippen molar-refractivity contribution in [2.45, 2.75) is 112 Å². The summed E-state index contributed by atoms with van der Waals surface area (Å²) in [5.74, 6) is -1.62. The van der Waals surface area contributed by atoms with Crippen LogP contribution in [0.15, 0.2) is 79.4 Å². The molecule has 2 aromatic rings. The fourth-order valence-electron chi connectivity index (χ4n) is 7.44. The molecule has 4 aliphatic rings. The molecule has 2 aliphatic carbocycles. The molecule has 6 rings (SSSR count). The molecule has 2 saturated carbocycles. The van der Waals surface area contributed by atoms with Gasteiger partial charge >= 0.3 is 6.09 Å². The highest BCUT2D eigenvalue weighted by Crippen LogP contribution is 2.50. The van der Waals surface area contributed by atoms with Crippen LogP contribution in [0.4, 0.5) is 4.79 Å². The molecule has 0 unspecified atom stereocenters. The maximum atomic E-state index is 14.8. The Morgan fingerprint density at radius 2 is 1.65 bits per heavy atom. The highest BCUT2D eigenvalue weighted by Gasteiger charge is 2.62. The van der Waals surface area contributed by atoms with E-state index in [2.05, 4.69) is 34.1 Å². The minimum absolute atomic E-state index is 0.166. The standard InChI is InChI=1S/C41H52N4O7S2/c1-5-30-25-41(30,37(48)44-54(50,51)32-22-23-32)43-35(46)34-26-40(31-20-18-29(19-21-31)28-15-11-10-12-16-28)27-45(34)36(47)33(42-38(49)52-39(2,3)4)17-13-8-6-7-9-14-24-53-40/h5,9-12,14-16,18-21,30,32-34H,1,6-8,13,17,22-27H2,2-4H3,(H,42,49)(H,43,46)(H,44,48)/b14-9-/t30-,33+,34+,40+,41-/m1/s1. The molecule has 2 aromatic carbocycles. The van der Waals surface area contributed by atoms with Crippen LogP contribution >= 0.6 is 11.8 Å². The Bertz CT molecular complexity index is 1870. The first-order valence-electron chi connectivity index (χ1n) is 18.9. The molecule has 11 nitrogen and oxygen atoms in total. The summed E-state index contributed by atoms with van der Waals surface area (Å²) in [4.78, 5) is 57.7. The number of nitrogens with zero attached hydrogens (tertiary/aromatic N) is 1. The Balaban J connectivity index is 1.36. The van der Waals surface area contributed by atoms with Crippen molar-refractivity contribution in [3.63, 3.8) is 0 Å². The van der Waals surface area contributed by atoms with Crippen LogP contribution in [-0.4, -0.2) is 77.9 Å². The molecular weight excluding hydrogens is 725 g/mol. The molecular formula is C41H52N4O7S2. The third-order valence-corrected chi connectivity index (χ3v) is 13.9. The number of hydrogen-bond acceptors (Lipinski definition) is 8. The molecule has 2 heterocycles. The SMILES string of the molecule is C=C[C@@H]1C[C@]1(NC(=O)[C@@H]1C[C@@]2(c3ccc(-c4ccccc4)cc3)CN1C(=O)[C@@H](NC(=O)OC(C)(C)C)CCCCC/C=C\CS2)C(=O)NS(=O)(=O)C1CC1. The topological polar surface area (TPSA) is 151 Å². The van der Waals surface area contributed by atoms with Gasteiger partial charge in [-0.05, 0) is 82.4 Å². The summed E-state index contributed by atoms with van der Waals surface area (Å²) in [7, 11) is -3.88. The van der Waals surface area contributed by atoms with Gasteiger partial charge in [0.05, 0.1) is 10.00 Å². The Hall–Kier alpha value is -4.10.